The van der Waals surface area contributed by atoms with Crippen molar-refractivity contribution in [3.8, 4) is 0 Å². The third kappa shape index (κ3) is 5.30. The van der Waals surface area contributed by atoms with Gasteiger partial charge in [0.1, 0.15) is 0 Å². The minimum atomic E-state index is 0. The molecule has 0 bridgehead atoms. The van der Waals surface area contributed by atoms with Crippen LogP contribution in [-0.2, 0) is 4.74 Å². The molecule has 0 radical (unpaired) electrons. The fraction of sp³-hybridized carbons (Fsp3) is 0.923. The Morgan fingerprint density at radius 3 is 2.61 bits per heavy atom. The first-order valence-corrected chi connectivity index (χ1v) is 6.73. The zero-order valence-electron chi connectivity index (χ0n) is 11.7. The highest BCUT2D eigenvalue weighted by Gasteiger charge is 2.33. The molecule has 2 aliphatic rings. The van der Waals surface area contributed by atoms with Crippen LogP contribution in [0.2, 0.25) is 0 Å². The summed E-state index contributed by atoms with van der Waals surface area (Å²) in [6.45, 7) is 4.92. The van der Waals surface area contributed by atoms with Crippen LogP contribution in [0.1, 0.15) is 26.2 Å². The molecule has 2 saturated carbocycles. The van der Waals surface area contributed by atoms with Gasteiger partial charge in [-0.15, -0.1) is 24.0 Å². The van der Waals surface area contributed by atoms with Gasteiger partial charge in [0.25, 0.3) is 0 Å². The summed E-state index contributed by atoms with van der Waals surface area (Å²) in [5.74, 6) is 2.64. The van der Waals surface area contributed by atoms with Gasteiger partial charge in [-0.2, -0.15) is 0 Å². The number of hydrogen-bond acceptors (Lipinski definition) is 2. The molecule has 2 fully saturated rings. The first kappa shape index (κ1) is 16.0. The molecular weight excluding hydrogens is 341 g/mol. The van der Waals surface area contributed by atoms with E-state index >= 15 is 0 Å². The molecule has 2 aliphatic carbocycles. The van der Waals surface area contributed by atoms with Crippen molar-refractivity contribution in [3.05, 3.63) is 0 Å². The maximum Gasteiger partial charge on any atom is 0.193 e. The smallest absolute Gasteiger partial charge is 0.193 e. The Kier molecular flexibility index (Phi) is 6.70. The number of aliphatic imine (C=N–C) groups is 1. The second-order valence-electron chi connectivity index (χ2n) is 5.45. The van der Waals surface area contributed by atoms with Gasteiger partial charge in [-0.1, -0.05) is 6.92 Å². The van der Waals surface area contributed by atoms with E-state index < -0.39 is 0 Å². The summed E-state index contributed by atoms with van der Waals surface area (Å²) in [6, 6.07) is 0.628. The third-order valence-electron chi connectivity index (χ3n) is 3.62. The fourth-order valence-corrected chi connectivity index (χ4v) is 1.88. The Bertz CT molecular complexity index is 281. The summed E-state index contributed by atoms with van der Waals surface area (Å²) in [5.41, 5.74) is 0. The van der Waals surface area contributed by atoms with Crippen LogP contribution in [-0.4, -0.2) is 50.8 Å². The molecule has 18 heavy (non-hydrogen) atoms. The van der Waals surface area contributed by atoms with Crippen LogP contribution in [0.15, 0.2) is 4.99 Å². The average molecular weight is 367 g/mol. The van der Waals surface area contributed by atoms with Crippen molar-refractivity contribution in [2.45, 2.75) is 32.2 Å². The summed E-state index contributed by atoms with van der Waals surface area (Å²) in [5, 5.41) is 3.47. The van der Waals surface area contributed by atoms with Gasteiger partial charge in [0.05, 0.1) is 6.61 Å². The molecule has 0 spiro atoms. The SMILES string of the molecule is CN=C(NC1CC1C)N(C)CCOCC1CC1.I. The standard InChI is InChI=1S/C13H25N3O.HI/c1-10-8-12(10)15-13(14-2)16(3)6-7-17-9-11-4-5-11;/h10-12H,4-9H2,1-3H3,(H,14,15);1H. The van der Waals surface area contributed by atoms with Crippen LogP contribution in [0.4, 0.5) is 0 Å². The Morgan fingerprint density at radius 2 is 2.11 bits per heavy atom. The van der Waals surface area contributed by atoms with Crippen molar-refractivity contribution in [2.75, 3.05) is 33.9 Å². The van der Waals surface area contributed by atoms with E-state index in [0.717, 1.165) is 37.6 Å². The van der Waals surface area contributed by atoms with E-state index in [9.17, 15) is 0 Å². The second kappa shape index (κ2) is 7.53. The van der Waals surface area contributed by atoms with E-state index in [0.29, 0.717) is 6.04 Å². The van der Waals surface area contributed by atoms with Crippen LogP contribution in [0.5, 0.6) is 0 Å². The van der Waals surface area contributed by atoms with Crippen molar-refractivity contribution in [1.29, 1.82) is 0 Å². The first-order valence-electron chi connectivity index (χ1n) is 6.73. The zero-order valence-corrected chi connectivity index (χ0v) is 14.0. The Morgan fingerprint density at radius 1 is 1.44 bits per heavy atom. The molecule has 5 heteroatoms. The minimum Gasteiger partial charge on any atom is -0.379 e. The van der Waals surface area contributed by atoms with Gasteiger partial charge in [0, 0.05) is 33.3 Å². The molecule has 0 aromatic rings. The maximum absolute atomic E-state index is 5.64. The van der Waals surface area contributed by atoms with Gasteiger partial charge in [-0.05, 0) is 31.1 Å². The van der Waals surface area contributed by atoms with Gasteiger partial charge >= 0.3 is 0 Å². The van der Waals surface area contributed by atoms with E-state index in [1.54, 1.807) is 0 Å². The lowest BCUT2D eigenvalue weighted by Gasteiger charge is -2.22. The Hall–Kier alpha value is -0.0400. The van der Waals surface area contributed by atoms with Crippen molar-refractivity contribution in [3.63, 3.8) is 0 Å². The van der Waals surface area contributed by atoms with Gasteiger partial charge in [-0.3, -0.25) is 4.99 Å². The van der Waals surface area contributed by atoms with E-state index in [1.165, 1.54) is 19.3 Å². The minimum absolute atomic E-state index is 0. The Balaban J connectivity index is 0.00000162. The quantitative estimate of drug-likeness (QED) is 0.338. The number of nitrogens with zero attached hydrogens (tertiary/aromatic N) is 2. The highest BCUT2D eigenvalue weighted by atomic mass is 127. The van der Waals surface area contributed by atoms with Gasteiger partial charge in [0.15, 0.2) is 5.96 Å². The summed E-state index contributed by atoms with van der Waals surface area (Å²) < 4.78 is 5.64. The molecule has 0 saturated heterocycles. The molecule has 0 amide bonds. The molecule has 2 atom stereocenters. The van der Waals surface area contributed by atoms with E-state index in [2.05, 4.69) is 29.2 Å². The van der Waals surface area contributed by atoms with Gasteiger partial charge in [0.2, 0.25) is 0 Å². The van der Waals surface area contributed by atoms with Gasteiger partial charge < -0.3 is 15.0 Å². The van der Waals surface area contributed by atoms with Crippen LogP contribution >= 0.6 is 24.0 Å². The highest BCUT2D eigenvalue weighted by Crippen LogP contribution is 2.29. The number of nitrogens with one attached hydrogen (secondary N) is 1. The van der Waals surface area contributed by atoms with Gasteiger partial charge in [-0.25, -0.2) is 0 Å². The lowest BCUT2D eigenvalue weighted by Crippen LogP contribution is -2.42. The van der Waals surface area contributed by atoms with E-state index in [1.807, 2.05) is 7.05 Å². The average Bonchev–Trinajstić information content (AvgIpc) is 3.20. The first-order chi connectivity index (χ1) is 8.20. The molecule has 0 aromatic heterocycles. The summed E-state index contributed by atoms with van der Waals surface area (Å²) in [6.07, 6.45) is 3.99. The highest BCUT2D eigenvalue weighted by molar-refractivity contribution is 14.0. The normalized spacial score (nSPS) is 26.5. The molecule has 0 heterocycles. The summed E-state index contributed by atoms with van der Waals surface area (Å²) >= 11 is 0. The molecule has 106 valence electrons. The Labute approximate surface area is 128 Å². The molecule has 0 aromatic carbocycles. The number of ether oxygens (including phenoxy) is 1. The van der Waals surface area contributed by atoms with E-state index in [4.69, 9.17) is 4.74 Å². The molecule has 4 nitrogen and oxygen atoms in total. The van der Waals surface area contributed by atoms with Crippen molar-refractivity contribution in [2.24, 2.45) is 16.8 Å². The largest absolute Gasteiger partial charge is 0.379 e. The molecule has 2 unspecified atom stereocenters. The fourth-order valence-electron chi connectivity index (χ4n) is 1.88. The molecule has 0 aliphatic heterocycles. The van der Waals surface area contributed by atoms with Crippen LogP contribution < -0.4 is 5.32 Å². The number of hydrogen-bond donors (Lipinski definition) is 1. The molecule has 1 N–H and O–H groups in total. The van der Waals surface area contributed by atoms with Crippen molar-refractivity contribution in [1.82, 2.24) is 10.2 Å². The number of likely N-dealkylation sites (N-methyl/N-ethyl adjacent to an activating group) is 1. The van der Waals surface area contributed by atoms with Crippen molar-refractivity contribution >= 4 is 29.9 Å². The third-order valence-corrected chi connectivity index (χ3v) is 3.62. The van der Waals surface area contributed by atoms with Crippen molar-refractivity contribution < 1.29 is 4.74 Å². The predicted molar refractivity (Wildman–Crippen MR) is 85.7 cm³/mol. The lowest BCUT2D eigenvalue weighted by molar-refractivity contribution is 0.115. The second-order valence-corrected chi connectivity index (χ2v) is 5.45. The van der Waals surface area contributed by atoms with E-state index in [-0.39, 0.29) is 24.0 Å². The number of rotatable bonds is 6. The number of halogens is 1. The molecular formula is C13H26IN3O. The summed E-state index contributed by atoms with van der Waals surface area (Å²) in [4.78, 5) is 6.46. The monoisotopic (exact) mass is 367 g/mol. The zero-order chi connectivity index (χ0) is 12.3. The predicted octanol–water partition coefficient (Wildman–Crippen LogP) is 1.95. The van der Waals surface area contributed by atoms with Crippen LogP contribution in [0.3, 0.4) is 0 Å². The maximum atomic E-state index is 5.64. The van der Waals surface area contributed by atoms with Crippen LogP contribution in [0.25, 0.3) is 0 Å². The topological polar surface area (TPSA) is 36.9 Å². The van der Waals surface area contributed by atoms with Crippen LogP contribution in [0, 0.1) is 11.8 Å². The molecule has 2 rings (SSSR count). The lowest BCUT2D eigenvalue weighted by atomic mass is 10.4. The summed E-state index contributed by atoms with van der Waals surface area (Å²) in [7, 11) is 3.92. The number of guanidine groups is 1.